The van der Waals surface area contributed by atoms with Gasteiger partial charge in [0.1, 0.15) is 12.4 Å². The molecule has 3 aromatic heterocycles. The third-order valence-corrected chi connectivity index (χ3v) is 5.14. The van der Waals surface area contributed by atoms with E-state index in [-0.39, 0.29) is 23.6 Å². The first kappa shape index (κ1) is 17.3. The number of carbonyl (C=O) groups excluding carboxylic acids is 1. The van der Waals surface area contributed by atoms with Gasteiger partial charge in [-0.25, -0.2) is 14.5 Å². The Morgan fingerprint density at radius 3 is 2.70 bits per heavy atom. The Bertz CT molecular complexity index is 1130. The summed E-state index contributed by atoms with van der Waals surface area (Å²) in [5, 5.41) is 7.20. The van der Waals surface area contributed by atoms with Gasteiger partial charge in [-0.3, -0.25) is 18.7 Å². The predicted molar refractivity (Wildman–Crippen MR) is 98.6 cm³/mol. The quantitative estimate of drug-likeness (QED) is 0.713. The fourth-order valence-electron chi connectivity index (χ4n) is 3.71. The summed E-state index contributed by atoms with van der Waals surface area (Å²) in [6, 6.07) is 2.08. The van der Waals surface area contributed by atoms with Crippen LogP contribution in [0, 0.1) is 0 Å². The Hall–Kier alpha value is -3.17. The first-order chi connectivity index (χ1) is 13.0. The zero-order chi connectivity index (χ0) is 19.1. The normalized spacial score (nSPS) is 14.9. The van der Waals surface area contributed by atoms with E-state index < -0.39 is 11.2 Å². The van der Waals surface area contributed by atoms with E-state index in [9.17, 15) is 14.4 Å². The number of hydrogen-bond acceptors (Lipinski definition) is 5. The number of aryl methyl sites for hydroxylation is 1. The molecule has 1 amide bonds. The molecule has 27 heavy (non-hydrogen) atoms. The Balaban J connectivity index is 1.60. The van der Waals surface area contributed by atoms with Gasteiger partial charge in [0.2, 0.25) is 5.91 Å². The van der Waals surface area contributed by atoms with Gasteiger partial charge in [0.05, 0.1) is 18.6 Å². The second kappa shape index (κ2) is 6.53. The van der Waals surface area contributed by atoms with Crippen molar-refractivity contribution in [3.05, 3.63) is 39.4 Å². The molecule has 0 aliphatic heterocycles. The van der Waals surface area contributed by atoms with Gasteiger partial charge in [-0.15, -0.1) is 0 Å². The minimum atomic E-state index is -0.477. The maximum atomic E-state index is 12.6. The number of imidazole rings is 1. The van der Waals surface area contributed by atoms with Crippen LogP contribution < -0.4 is 16.6 Å². The van der Waals surface area contributed by atoms with Gasteiger partial charge >= 0.3 is 5.69 Å². The van der Waals surface area contributed by atoms with E-state index in [2.05, 4.69) is 15.4 Å². The molecule has 3 heterocycles. The van der Waals surface area contributed by atoms with Crippen molar-refractivity contribution in [2.24, 2.45) is 14.1 Å². The molecule has 4 rings (SSSR count). The molecular formula is C17H21N7O3. The number of amides is 1. The van der Waals surface area contributed by atoms with Crippen molar-refractivity contribution >= 4 is 22.9 Å². The maximum Gasteiger partial charge on any atom is 0.332 e. The van der Waals surface area contributed by atoms with E-state index in [1.165, 1.54) is 35.4 Å². The number of nitrogens with zero attached hydrogens (tertiary/aromatic N) is 6. The molecule has 3 aromatic rings. The van der Waals surface area contributed by atoms with Gasteiger partial charge in [-0.05, 0) is 12.8 Å². The van der Waals surface area contributed by atoms with Gasteiger partial charge in [0.25, 0.3) is 5.56 Å². The summed E-state index contributed by atoms with van der Waals surface area (Å²) in [5.74, 6) is 0.363. The lowest BCUT2D eigenvalue weighted by molar-refractivity contribution is -0.116. The largest absolute Gasteiger partial charge is 0.332 e. The smallest absolute Gasteiger partial charge is 0.315 e. The van der Waals surface area contributed by atoms with Gasteiger partial charge < -0.3 is 9.88 Å². The van der Waals surface area contributed by atoms with E-state index >= 15 is 0 Å². The summed E-state index contributed by atoms with van der Waals surface area (Å²) in [6.45, 7) is -0.0835. The van der Waals surface area contributed by atoms with E-state index in [0.29, 0.717) is 11.9 Å². The molecule has 0 atom stereocenters. The van der Waals surface area contributed by atoms with Crippen molar-refractivity contribution in [2.75, 3.05) is 5.32 Å². The standard InChI is InChI=1S/C17H21N7O3/c1-21-15-14(16(26)22(2)17(21)27)23(10-18-15)9-13(25)20-12-7-8-19-24(12)11-5-3-4-6-11/h7-8,10-11H,3-6,9H2,1-2H3,(H,20,25). The van der Waals surface area contributed by atoms with Gasteiger partial charge in [0.15, 0.2) is 11.2 Å². The predicted octanol–water partition coefficient (Wildman–Crippen LogP) is 0.384. The molecule has 0 saturated heterocycles. The highest BCUT2D eigenvalue weighted by molar-refractivity contribution is 5.90. The first-order valence-electron chi connectivity index (χ1n) is 8.91. The zero-order valence-corrected chi connectivity index (χ0v) is 15.3. The van der Waals surface area contributed by atoms with Crippen LogP contribution in [0.15, 0.2) is 28.2 Å². The molecule has 1 fully saturated rings. The SMILES string of the molecule is Cn1c(=O)c2c(ncn2CC(=O)Nc2ccnn2C2CCCC2)n(C)c1=O. The van der Waals surface area contributed by atoms with E-state index in [0.717, 1.165) is 17.4 Å². The lowest BCUT2D eigenvalue weighted by Crippen LogP contribution is -2.37. The van der Waals surface area contributed by atoms with Crippen molar-refractivity contribution in [3.63, 3.8) is 0 Å². The molecule has 10 heteroatoms. The lowest BCUT2D eigenvalue weighted by Gasteiger charge is -2.15. The highest BCUT2D eigenvalue weighted by Gasteiger charge is 2.21. The third kappa shape index (κ3) is 2.86. The van der Waals surface area contributed by atoms with Gasteiger partial charge in [0, 0.05) is 20.2 Å². The summed E-state index contributed by atoms with van der Waals surface area (Å²) in [6.07, 6.45) is 7.52. The molecule has 0 bridgehead atoms. The van der Waals surface area contributed by atoms with Gasteiger partial charge in [-0.1, -0.05) is 12.8 Å². The second-order valence-corrected chi connectivity index (χ2v) is 6.90. The monoisotopic (exact) mass is 371 g/mol. The van der Waals surface area contributed by atoms with Crippen LogP contribution in [0.3, 0.4) is 0 Å². The van der Waals surface area contributed by atoms with Crippen molar-refractivity contribution < 1.29 is 4.79 Å². The molecule has 0 radical (unpaired) electrons. The number of aromatic nitrogens is 6. The average Bonchev–Trinajstić information content (AvgIpc) is 3.38. The Morgan fingerprint density at radius 1 is 1.22 bits per heavy atom. The molecule has 1 aliphatic rings. The minimum absolute atomic E-state index is 0.0835. The molecule has 1 N–H and O–H groups in total. The molecule has 1 aliphatic carbocycles. The zero-order valence-electron chi connectivity index (χ0n) is 15.3. The van der Waals surface area contributed by atoms with Crippen molar-refractivity contribution in [3.8, 4) is 0 Å². The molecule has 10 nitrogen and oxygen atoms in total. The van der Waals surface area contributed by atoms with Crippen LogP contribution in [-0.2, 0) is 25.4 Å². The third-order valence-electron chi connectivity index (χ3n) is 5.14. The fraction of sp³-hybridized carbons (Fsp3) is 0.471. The minimum Gasteiger partial charge on any atom is -0.315 e. The topological polar surface area (TPSA) is 109 Å². The molecule has 142 valence electrons. The Kier molecular flexibility index (Phi) is 4.17. The number of hydrogen-bond donors (Lipinski definition) is 1. The second-order valence-electron chi connectivity index (χ2n) is 6.90. The number of carbonyl (C=O) groups is 1. The summed E-state index contributed by atoms with van der Waals surface area (Å²) in [7, 11) is 2.95. The van der Waals surface area contributed by atoms with Crippen molar-refractivity contribution in [1.29, 1.82) is 0 Å². The molecule has 1 saturated carbocycles. The van der Waals surface area contributed by atoms with Crippen LogP contribution >= 0.6 is 0 Å². The maximum absolute atomic E-state index is 12.6. The van der Waals surface area contributed by atoms with E-state index in [1.807, 2.05) is 4.68 Å². The molecule has 0 spiro atoms. The lowest BCUT2D eigenvalue weighted by atomic mass is 10.2. The average molecular weight is 371 g/mol. The van der Waals surface area contributed by atoms with Crippen molar-refractivity contribution in [1.82, 2.24) is 28.5 Å². The summed E-state index contributed by atoms with van der Waals surface area (Å²) < 4.78 is 5.62. The highest BCUT2D eigenvalue weighted by Crippen LogP contribution is 2.31. The van der Waals surface area contributed by atoms with Crippen LogP contribution in [0.25, 0.3) is 11.2 Å². The van der Waals surface area contributed by atoms with Crippen LogP contribution in [-0.4, -0.2) is 34.4 Å². The van der Waals surface area contributed by atoms with Crippen LogP contribution in [0.2, 0.25) is 0 Å². The number of nitrogens with one attached hydrogen (secondary N) is 1. The molecule has 0 aromatic carbocycles. The fourth-order valence-corrected chi connectivity index (χ4v) is 3.71. The van der Waals surface area contributed by atoms with E-state index in [4.69, 9.17) is 0 Å². The number of rotatable bonds is 4. The summed E-state index contributed by atoms with van der Waals surface area (Å²) in [4.78, 5) is 41.1. The Labute approximate surface area is 154 Å². The van der Waals surface area contributed by atoms with Gasteiger partial charge in [-0.2, -0.15) is 5.10 Å². The molecular weight excluding hydrogens is 350 g/mol. The Morgan fingerprint density at radius 2 is 1.96 bits per heavy atom. The molecule has 0 unspecified atom stereocenters. The number of fused-ring (bicyclic) bond motifs is 1. The summed E-state index contributed by atoms with van der Waals surface area (Å²) in [5.41, 5.74) is -0.456. The highest BCUT2D eigenvalue weighted by atomic mass is 16.2. The number of anilines is 1. The van der Waals surface area contributed by atoms with E-state index in [1.54, 1.807) is 19.3 Å². The van der Waals surface area contributed by atoms with Crippen LogP contribution in [0.4, 0.5) is 5.82 Å². The van der Waals surface area contributed by atoms with Crippen molar-refractivity contribution in [2.45, 2.75) is 38.3 Å². The van der Waals surface area contributed by atoms with Crippen LogP contribution in [0.5, 0.6) is 0 Å². The summed E-state index contributed by atoms with van der Waals surface area (Å²) >= 11 is 0. The first-order valence-corrected chi connectivity index (χ1v) is 8.91. The van der Waals surface area contributed by atoms with Crippen LogP contribution in [0.1, 0.15) is 31.7 Å².